The van der Waals surface area contributed by atoms with Gasteiger partial charge in [-0.25, -0.2) is 0 Å². The molecule has 2 aromatic carbocycles. The number of halogens is 4. The van der Waals surface area contributed by atoms with Crippen molar-refractivity contribution in [3.8, 4) is 11.5 Å². The van der Waals surface area contributed by atoms with E-state index >= 15 is 0 Å². The van der Waals surface area contributed by atoms with Gasteiger partial charge in [0.05, 0.1) is 12.6 Å². The number of ether oxygens (including phenoxy) is 2. The van der Waals surface area contributed by atoms with E-state index in [4.69, 9.17) is 10.5 Å². The van der Waals surface area contributed by atoms with Crippen LogP contribution in [0.4, 0.5) is 13.2 Å². The van der Waals surface area contributed by atoms with Gasteiger partial charge in [0.1, 0.15) is 11.5 Å². The van der Waals surface area contributed by atoms with Gasteiger partial charge in [-0.15, -0.1) is 25.6 Å². The van der Waals surface area contributed by atoms with Crippen molar-refractivity contribution in [3.05, 3.63) is 59.7 Å². The zero-order valence-electron chi connectivity index (χ0n) is 12.3. The molecule has 0 aliphatic heterocycles. The van der Waals surface area contributed by atoms with Crippen molar-refractivity contribution in [3.63, 3.8) is 0 Å². The third-order valence-corrected chi connectivity index (χ3v) is 3.02. The summed E-state index contributed by atoms with van der Waals surface area (Å²) >= 11 is 0. The van der Waals surface area contributed by atoms with Gasteiger partial charge >= 0.3 is 6.36 Å². The molecule has 0 radical (unpaired) electrons. The van der Waals surface area contributed by atoms with Crippen LogP contribution in [0, 0.1) is 0 Å². The van der Waals surface area contributed by atoms with Crippen molar-refractivity contribution >= 4 is 12.4 Å². The summed E-state index contributed by atoms with van der Waals surface area (Å²) in [6.45, 7) is 2.47. The standard InChI is InChI=1S/C16H16F3NO2.ClH/c1-2-21-13-7-3-11(4-8-13)15(20)12-5-9-14(10-6-12)22-16(17,18)19;/h3-10,15H,2,20H2,1H3;1H/t15-;/m1./s1. The Morgan fingerprint density at radius 2 is 1.35 bits per heavy atom. The fourth-order valence-electron chi connectivity index (χ4n) is 2.01. The van der Waals surface area contributed by atoms with E-state index in [0.717, 1.165) is 11.3 Å². The third kappa shape index (κ3) is 5.65. The summed E-state index contributed by atoms with van der Waals surface area (Å²) in [7, 11) is 0. The summed E-state index contributed by atoms with van der Waals surface area (Å²) in [6, 6.07) is 12.4. The van der Waals surface area contributed by atoms with E-state index in [1.54, 1.807) is 12.1 Å². The molecule has 1 atom stereocenters. The summed E-state index contributed by atoms with van der Waals surface area (Å²) < 4.78 is 45.5. The third-order valence-electron chi connectivity index (χ3n) is 3.02. The largest absolute Gasteiger partial charge is 0.573 e. The molecule has 126 valence electrons. The second kappa shape index (κ2) is 8.08. The number of nitrogens with two attached hydrogens (primary N) is 1. The highest BCUT2D eigenvalue weighted by atomic mass is 35.5. The molecule has 0 spiro atoms. The van der Waals surface area contributed by atoms with Crippen LogP contribution in [-0.4, -0.2) is 13.0 Å². The van der Waals surface area contributed by atoms with Crippen molar-refractivity contribution < 1.29 is 22.6 Å². The highest BCUT2D eigenvalue weighted by Crippen LogP contribution is 2.26. The molecule has 2 rings (SSSR count). The van der Waals surface area contributed by atoms with Crippen LogP contribution >= 0.6 is 12.4 Å². The molecule has 0 saturated carbocycles. The maximum atomic E-state index is 12.1. The Morgan fingerprint density at radius 3 is 1.74 bits per heavy atom. The van der Waals surface area contributed by atoms with Crippen molar-refractivity contribution in [2.24, 2.45) is 5.73 Å². The Kier molecular flexibility index (Phi) is 6.72. The molecule has 0 unspecified atom stereocenters. The first-order valence-electron chi connectivity index (χ1n) is 6.73. The van der Waals surface area contributed by atoms with Gasteiger partial charge in [0.15, 0.2) is 0 Å². The summed E-state index contributed by atoms with van der Waals surface area (Å²) in [5.74, 6) is 0.475. The highest BCUT2D eigenvalue weighted by molar-refractivity contribution is 5.85. The Balaban J connectivity index is 0.00000264. The quantitative estimate of drug-likeness (QED) is 0.868. The zero-order valence-corrected chi connectivity index (χ0v) is 13.2. The lowest BCUT2D eigenvalue weighted by atomic mass is 9.99. The van der Waals surface area contributed by atoms with Gasteiger partial charge < -0.3 is 15.2 Å². The Bertz CT molecular complexity index is 600. The van der Waals surface area contributed by atoms with Crippen LogP contribution in [-0.2, 0) is 0 Å². The van der Waals surface area contributed by atoms with E-state index in [1.165, 1.54) is 24.3 Å². The first-order chi connectivity index (χ1) is 10.4. The molecule has 0 amide bonds. The molecular weight excluding hydrogens is 331 g/mol. The van der Waals surface area contributed by atoms with Gasteiger partial charge in [-0.2, -0.15) is 0 Å². The van der Waals surface area contributed by atoms with Crippen molar-refractivity contribution in [2.45, 2.75) is 19.3 Å². The second-order valence-electron chi connectivity index (χ2n) is 4.60. The highest BCUT2D eigenvalue weighted by Gasteiger charge is 2.31. The molecule has 23 heavy (non-hydrogen) atoms. The van der Waals surface area contributed by atoms with E-state index in [2.05, 4.69) is 4.74 Å². The summed E-state index contributed by atoms with van der Waals surface area (Å²) in [5, 5.41) is 0. The maximum Gasteiger partial charge on any atom is 0.573 e. The Hall–Kier alpha value is -1.92. The molecule has 0 aromatic heterocycles. The topological polar surface area (TPSA) is 44.5 Å². The molecule has 0 aliphatic carbocycles. The van der Waals surface area contributed by atoms with E-state index in [1.807, 2.05) is 19.1 Å². The maximum absolute atomic E-state index is 12.1. The molecule has 7 heteroatoms. The minimum absolute atomic E-state index is 0. The predicted molar refractivity (Wildman–Crippen MR) is 84.0 cm³/mol. The second-order valence-corrected chi connectivity index (χ2v) is 4.60. The van der Waals surface area contributed by atoms with Crippen molar-refractivity contribution in [1.82, 2.24) is 0 Å². The van der Waals surface area contributed by atoms with Gasteiger partial charge in [0.2, 0.25) is 0 Å². The normalized spacial score (nSPS) is 12.2. The van der Waals surface area contributed by atoms with Crippen LogP contribution in [0.5, 0.6) is 11.5 Å². The minimum Gasteiger partial charge on any atom is -0.494 e. The lowest BCUT2D eigenvalue weighted by molar-refractivity contribution is -0.274. The van der Waals surface area contributed by atoms with Crippen LogP contribution in [0.1, 0.15) is 24.1 Å². The van der Waals surface area contributed by atoms with Crippen LogP contribution < -0.4 is 15.2 Å². The zero-order chi connectivity index (χ0) is 16.2. The van der Waals surface area contributed by atoms with E-state index in [9.17, 15) is 13.2 Å². The smallest absolute Gasteiger partial charge is 0.494 e. The SMILES string of the molecule is CCOc1ccc([C@@H](N)c2ccc(OC(F)(F)F)cc2)cc1.Cl. The number of hydrogen-bond acceptors (Lipinski definition) is 3. The van der Waals surface area contributed by atoms with Crippen LogP contribution in [0.25, 0.3) is 0 Å². The van der Waals surface area contributed by atoms with Gasteiger partial charge in [-0.1, -0.05) is 24.3 Å². The van der Waals surface area contributed by atoms with Crippen LogP contribution in [0.15, 0.2) is 48.5 Å². The van der Waals surface area contributed by atoms with Gasteiger partial charge in [-0.05, 0) is 42.3 Å². The number of benzene rings is 2. The van der Waals surface area contributed by atoms with Crippen LogP contribution in [0.2, 0.25) is 0 Å². The molecule has 0 aliphatic rings. The average Bonchev–Trinajstić information content (AvgIpc) is 2.47. The molecule has 2 aromatic rings. The molecule has 0 heterocycles. The van der Waals surface area contributed by atoms with Crippen molar-refractivity contribution in [1.29, 1.82) is 0 Å². The molecule has 3 nitrogen and oxygen atoms in total. The molecule has 0 bridgehead atoms. The Morgan fingerprint density at radius 1 is 0.913 bits per heavy atom. The fourth-order valence-corrected chi connectivity index (χ4v) is 2.01. The minimum atomic E-state index is -4.70. The average molecular weight is 348 g/mol. The van der Waals surface area contributed by atoms with Gasteiger partial charge in [0.25, 0.3) is 0 Å². The molecule has 0 fully saturated rings. The lowest BCUT2D eigenvalue weighted by Crippen LogP contribution is -2.17. The fraction of sp³-hybridized carbons (Fsp3) is 0.250. The first-order valence-corrected chi connectivity index (χ1v) is 6.73. The van der Waals surface area contributed by atoms with E-state index in [0.29, 0.717) is 12.2 Å². The molecular formula is C16H17ClF3NO2. The predicted octanol–water partition coefficient (Wildman–Crippen LogP) is 4.45. The summed E-state index contributed by atoms with van der Waals surface area (Å²) in [4.78, 5) is 0. The molecule has 2 N–H and O–H groups in total. The monoisotopic (exact) mass is 347 g/mol. The van der Waals surface area contributed by atoms with Gasteiger partial charge in [0, 0.05) is 0 Å². The number of hydrogen-bond donors (Lipinski definition) is 1. The lowest BCUT2D eigenvalue weighted by Gasteiger charge is -2.14. The summed E-state index contributed by atoms with van der Waals surface area (Å²) in [6.07, 6.45) is -4.70. The first kappa shape index (κ1) is 19.1. The van der Waals surface area contributed by atoms with E-state index < -0.39 is 12.4 Å². The van der Waals surface area contributed by atoms with Crippen molar-refractivity contribution in [2.75, 3.05) is 6.61 Å². The number of alkyl halides is 3. The van der Waals surface area contributed by atoms with E-state index in [-0.39, 0.29) is 18.2 Å². The Labute approximate surface area is 138 Å². The van der Waals surface area contributed by atoms with Gasteiger partial charge in [-0.3, -0.25) is 0 Å². The van der Waals surface area contributed by atoms with Crippen LogP contribution in [0.3, 0.4) is 0 Å². The number of rotatable bonds is 5. The summed E-state index contributed by atoms with van der Waals surface area (Å²) in [5.41, 5.74) is 7.65. The molecule has 0 saturated heterocycles.